The van der Waals surface area contributed by atoms with Crippen LogP contribution in [0.25, 0.3) is 5.69 Å². The van der Waals surface area contributed by atoms with Gasteiger partial charge in [-0.05, 0) is 99.8 Å². The third kappa shape index (κ3) is 6.24. The van der Waals surface area contributed by atoms with Crippen molar-refractivity contribution >= 4 is 39.4 Å². The van der Waals surface area contributed by atoms with Gasteiger partial charge in [0.25, 0.3) is 15.9 Å². The molecule has 0 saturated heterocycles. The highest BCUT2D eigenvalue weighted by Crippen LogP contribution is 2.29. The average molecular weight is 563 g/mol. The Morgan fingerprint density at radius 1 is 0.949 bits per heavy atom. The van der Waals surface area contributed by atoms with Crippen LogP contribution in [0.1, 0.15) is 33.6 Å². The predicted molar refractivity (Wildman–Crippen MR) is 158 cm³/mol. The first kappa shape index (κ1) is 28.1. The number of aromatic nitrogens is 1. The maximum absolute atomic E-state index is 13.5. The SMILES string of the molecule is Cc1cc(C)cc(-n2c(C)cc(/C=N\NC(=O)CN(c3ccc(Cl)cc3C)S(=O)(=O)c3ccccc3)c2C)c1. The summed E-state index contributed by atoms with van der Waals surface area (Å²) in [5.41, 5.74) is 9.72. The molecule has 1 heterocycles. The van der Waals surface area contributed by atoms with Crippen molar-refractivity contribution in [3.8, 4) is 5.69 Å². The Morgan fingerprint density at radius 3 is 2.26 bits per heavy atom. The Kier molecular flexibility index (Phi) is 8.28. The molecular formula is C30H31ClN4O3S. The summed E-state index contributed by atoms with van der Waals surface area (Å²) in [7, 11) is -4.03. The Balaban J connectivity index is 1.58. The standard InChI is InChI=1S/C30H31ClN4O3S/c1-20-13-21(2)15-27(14-20)35-23(4)17-25(24(35)5)18-32-33-30(36)19-34(29-12-11-26(31)16-22(29)3)39(37,38)28-9-7-6-8-10-28/h6-18H,19H2,1-5H3,(H,33,36)/b32-18-. The van der Waals surface area contributed by atoms with Gasteiger partial charge < -0.3 is 4.57 Å². The molecule has 202 valence electrons. The number of carbonyl (C=O) groups excluding carboxylic acids is 1. The average Bonchev–Trinajstić information content (AvgIpc) is 3.15. The van der Waals surface area contributed by atoms with E-state index in [1.54, 1.807) is 49.5 Å². The van der Waals surface area contributed by atoms with Gasteiger partial charge in [-0.2, -0.15) is 5.10 Å². The van der Waals surface area contributed by atoms with Crippen LogP contribution in [0.2, 0.25) is 5.02 Å². The summed E-state index contributed by atoms with van der Waals surface area (Å²) < 4.78 is 30.3. The zero-order valence-corrected chi connectivity index (χ0v) is 24.1. The van der Waals surface area contributed by atoms with Gasteiger partial charge in [0.05, 0.1) is 16.8 Å². The quantitative estimate of drug-likeness (QED) is 0.210. The van der Waals surface area contributed by atoms with Gasteiger partial charge >= 0.3 is 0 Å². The topological polar surface area (TPSA) is 83.8 Å². The van der Waals surface area contributed by atoms with Gasteiger partial charge in [0.2, 0.25) is 0 Å². The molecule has 0 saturated carbocycles. The molecule has 0 radical (unpaired) electrons. The van der Waals surface area contributed by atoms with E-state index in [0.717, 1.165) is 26.9 Å². The lowest BCUT2D eigenvalue weighted by molar-refractivity contribution is -0.119. The van der Waals surface area contributed by atoms with Crippen molar-refractivity contribution in [2.75, 3.05) is 10.8 Å². The normalized spacial score (nSPS) is 11.6. The number of rotatable bonds is 8. The summed E-state index contributed by atoms with van der Waals surface area (Å²) >= 11 is 6.10. The van der Waals surface area contributed by atoms with Crippen LogP contribution in [0.15, 0.2) is 82.8 Å². The molecule has 0 spiro atoms. The van der Waals surface area contributed by atoms with E-state index in [-0.39, 0.29) is 4.90 Å². The number of hydrogen-bond acceptors (Lipinski definition) is 4. The summed E-state index contributed by atoms with van der Waals surface area (Å²) in [4.78, 5) is 13.0. The van der Waals surface area contributed by atoms with Gasteiger partial charge in [-0.25, -0.2) is 13.8 Å². The summed E-state index contributed by atoms with van der Waals surface area (Å²) in [5, 5.41) is 4.62. The predicted octanol–water partition coefficient (Wildman–Crippen LogP) is 6.02. The molecule has 0 bridgehead atoms. The second-order valence-electron chi connectivity index (χ2n) is 9.56. The van der Waals surface area contributed by atoms with Crippen molar-refractivity contribution in [3.63, 3.8) is 0 Å². The molecule has 0 aliphatic rings. The zero-order chi connectivity index (χ0) is 28.3. The second-order valence-corrected chi connectivity index (χ2v) is 11.9. The number of nitrogens with one attached hydrogen (secondary N) is 1. The van der Waals surface area contributed by atoms with Crippen LogP contribution in [-0.4, -0.2) is 31.7 Å². The first-order chi connectivity index (χ1) is 18.5. The highest BCUT2D eigenvalue weighted by molar-refractivity contribution is 7.92. The van der Waals surface area contributed by atoms with Gasteiger partial charge in [0, 0.05) is 27.7 Å². The van der Waals surface area contributed by atoms with Crippen molar-refractivity contribution < 1.29 is 13.2 Å². The number of aryl methyl sites for hydroxylation is 4. The van der Waals surface area contributed by atoms with E-state index >= 15 is 0 Å². The van der Waals surface area contributed by atoms with Gasteiger partial charge in [-0.15, -0.1) is 0 Å². The molecule has 1 aromatic heterocycles. The molecule has 1 N–H and O–H groups in total. The number of halogens is 1. The molecule has 1 amide bonds. The molecule has 0 aliphatic heterocycles. The molecule has 4 aromatic rings. The number of amides is 1. The van der Waals surface area contributed by atoms with E-state index in [1.807, 2.05) is 19.9 Å². The molecule has 9 heteroatoms. The lowest BCUT2D eigenvalue weighted by atomic mass is 10.1. The number of sulfonamides is 1. The number of hydrazone groups is 1. The van der Waals surface area contributed by atoms with Crippen LogP contribution >= 0.6 is 11.6 Å². The third-order valence-electron chi connectivity index (χ3n) is 6.37. The molecule has 0 unspecified atom stereocenters. The van der Waals surface area contributed by atoms with Crippen molar-refractivity contribution in [2.24, 2.45) is 5.10 Å². The number of anilines is 1. The number of benzene rings is 3. The van der Waals surface area contributed by atoms with Crippen molar-refractivity contribution in [2.45, 2.75) is 39.5 Å². The maximum atomic E-state index is 13.5. The van der Waals surface area contributed by atoms with Crippen LogP contribution in [0.5, 0.6) is 0 Å². The lowest BCUT2D eigenvalue weighted by Gasteiger charge is -2.25. The summed E-state index contributed by atoms with van der Waals surface area (Å²) in [6, 6.07) is 21.2. The van der Waals surface area contributed by atoms with Gasteiger partial charge in [-0.1, -0.05) is 35.9 Å². The van der Waals surface area contributed by atoms with Crippen LogP contribution in [0, 0.1) is 34.6 Å². The van der Waals surface area contributed by atoms with E-state index < -0.39 is 22.5 Å². The smallest absolute Gasteiger partial charge is 0.264 e. The minimum Gasteiger partial charge on any atom is -0.318 e. The number of nitrogens with zero attached hydrogens (tertiary/aromatic N) is 3. The van der Waals surface area contributed by atoms with Crippen LogP contribution < -0.4 is 9.73 Å². The zero-order valence-electron chi connectivity index (χ0n) is 22.6. The van der Waals surface area contributed by atoms with Gasteiger partial charge in [-0.3, -0.25) is 9.10 Å². The Morgan fingerprint density at radius 2 is 1.62 bits per heavy atom. The lowest BCUT2D eigenvalue weighted by Crippen LogP contribution is -2.40. The monoisotopic (exact) mass is 562 g/mol. The van der Waals surface area contributed by atoms with Crippen LogP contribution in [0.4, 0.5) is 5.69 Å². The van der Waals surface area contributed by atoms with Crippen molar-refractivity contribution in [1.29, 1.82) is 0 Å². The minimum absolute atomic E-state index is 0.0782. The first-order valence-corrected chi connectivity index (χ1v) is 14.2. The molecule has 0 atom stereocenters. The van der Waals surface area contributed by atoms with Gasteiger partial charge in [0.15, 0.2) is 0 Å². The van der Waals surface area contributed by atoms with Crippen LogP contribution in [0.3, 0.4) is 0 Å². The highest BCUT2D eigenvalue weighted by Gasteiger charge is 2.28. The van der Waals surface area contributed by atoms with E-state index in [4.69, 9.17) is 11.6 Å². The molecule has 4 rings (SSSR count). The molecule has 0 fully saturated rings. The summed E-state index contributed by atoms with van der Waals surface area (Å²) in [5.74, 6) is -0.580. The third-order valence-corrected chi connectivity index (χ3v) is 8.38. The fourth-order valence-corrected chi connectivity index (χ4v) is 6.39. The Hall–Kier alpha value is -3.88. The molecule has 7 nitrogen and oxygen atoms in total. The fourth-order valence-electron chi connectivity index (χ4n) is 4.65. The van der Waals surface area contributed by atoms with Crippen LogP contribution in [-0.2, 0) is 14.8 Å². The molecular weight excluding hydrogens is 532 g/mol. The van der Waals surface area contributed by atoms with E-state index in [2.05, 4.69) is 47.1 Å². The maximum Gasteiger partial charge on any atom is 0.264 e. The van der Waals surface area contributed by atoms with E-state index in [1.165, 1.54) is 23.3 Å². The highest BCUT2D eigenvalue weighted by atomic mass is 35.5. The first-order valence-electron chi connectivity index (χ1n) is 12.4. The Bertz CT molecular complexity index is 1640. The second kappa shape index (κ2) is 11.5. The van der Waals surface area contributed by atoms with Crippen molar-refractivity contribution in [1.82, 2.24) is 9.99 Å². The van der Waals surface area contributed by atoms with E-state index in [9.17, 15) is 13.2 Å². The largest absolute Gasteiger partial charge is 0.318 e. The molecule has 3 aromatic carbocycles. The van der Waals surface area contributed by atoms with Gasteiger partial charge in [0.1, 0.15) is 6.54 Å². The van der Waals surface area contributed by atoms with Crippen molar-refractivity contribution in [3.05, 3.63) is 111 Å². The van der Waals surface area contributed by atoms with E-state index in [0.29, 0.717) is 16.3 Å². The summed E-state index contributed by atoms with van der Waals surface area (Å²) in [6.45, 7) is 9.42. The fraction of sp³-hybridized carbons (Fsp3) is 0.200. The Labute approximate surface area is 234 Å². The molecule has 39 heavy (non-hydrogen) atoms. The number of carbonyl (C=O) groups is 1. The number of hydrogen-bond donors (Lipinski definition) is 1. The summed E-state index contributed by atoms with van der Waals surface area (Å²) in [6.07, 6.45) is 1.57. The molecule has 0 aliphatic carbocycles. The minimum atomic E-state index is -4.03.